The summed E-state index contributed by atoms with van der Waals surface area (Å²) in [5.41, 5.74) is 0. The molecule has 1 atom stereocenters. The lowest BCUT2D eigenvalue weighted by molar-refractivity contribution is -0.120. The zero-order valence-corrected chi connectivity index (χ0v) is 10.1. The van der Waals surface area contributed by atoms with E-state index in [2.05, 4.69) is 22.5 Å². The minimum absolute atomic E-state index is 0.0650. The molecule has 0 aliphatic rings. The average molecular weight is 227 g/mol. The first-order valence-electron chi connectivity index (χ1n) is 4.99. The normalized spacial score (nSPS) is 12.5. The van der Waals surface area contributed by atoms with Gasteiger partial charge in [-0.15, -0.1) is 11.3 Å². The molecule has 1 amide bonds. The number of hydrogen-bond donors (Lipinski definition) is 2. The number of rotatable bonds is 5. The van der Waals surface area contributed by atoms with Crippen LogP contribution in [-0.4, -0.2) is 24.5 Å². The summed E-state index contributed by atoms with van der Waals surface area (Å²) in [5.74, 6) is 0.0650. The summed E-state index contributed by atoms with van der Waals surface area (Å²) in [6, 6.07) is 0.265. The summed E-state index contributed by atoms with van der Waals surface area (Å²) in [6.45, 7) is 4.76. The third kappa shape index (κ3) is 3.97. The number of carbonyl (C=O) groups excluding carboxylic acids is 1. The molecule has 4 nitrogen and oxygen atoms in total. The molecular formula is C10H17N3OS. The van der Waals surface area contributed by atoms with Crippen molar-refractivity contribution in [2.24, 2.45) is 0 Å². The maximum absolute atomic E-state index is 11.0. The smallest absolute Gasteiger partial charge is 0.221 e. The molecule has 0 aliphatic carbocycles. The fraction of sp³-hybridized carbons (Fsp3) is 0.600. The van der Waals surface area contributed by atoms with Crippen LogP contribution in [0.1, 0.15) is 29.3 Å². The van der Waals surface area contributed by atoms with Gasteiger partial charge in [0.1, 0.15) is 0 Å². The van der Waals surface area contributed by atoms with Gasteiger partial charge in [-0.05, 0) is 13.8 Å². The predicted molar refractivity (Wildman–Crippen MR) is 62.0 cm³/mol. The first-order valence-corrected chi connectivity index (χ1v) is 5.81. The predicted octanol–water partition coefficient (Wildman–Crippen LogP) is 1.24. The van der Waals surface area contributed by atoms with Crippen LogP contribution in [0.4, 0.5) is 0 Å². The van der Waals surface area contributed by atoms with E-state index in [4.69, 9.17) is 0 Å². The molecule has 0 radical (unpaired) electrons. The molecule has 0 aliphatic heterocycles. The van der Waals surface area contributed by atoms with Gasteiger partial charge in [0.25, 0.3) is 0 Å². The Morgan fingerprint density at radius 1 is 1.67 bits per heavy atom. The van der Waals surface area contributed by atoms with Gasteiger partial charge < -0.3 is 10.6 Å². The Bertz CT molecular complexity index is 324. The third-order valence-corrected chi connectivity index (χ3v) is 3.24. The van der Waals surface area contributed by atoms with E-state index in [0.29, 0.717) is 13.0 Å². The fourth-order valence-electron chi connectivity index (χ4n) is 1.21. The summed E-state index contributed by atoms with van der Waals surface area (Å²) >= 11 is 1.69. The summed E-state index contributed by atoms with van der Waals surface area (Å²) in [6.07, 6.45) is 2.40. The van der Waals surface area contributed by atoms with Crippen molar-refractivity contribution in [3.63, 3.8) is 0 Å². The molecule has 1 aromatic heterocycles. The number of thiazole rings is 1. The van der Waals surface area contributed by atoms with E-state index in [0.717, 1.165) is 5.01 Å². The van der Waals surface area contributed by atoms with Crippen molar-refractivity contribution in [2.45, 2.75) is 26.3 Å². The fourth-order valence-corrected chi connectivity index (χ4v) is 2.02. The van der Waals surface area contributed by atoms with Gasteiger partial charge in [-0.25, -0.2) is 4.98 Å². The van der Waals surface area contributed by atoms with Crippen molar-refractivity contribution >= 4 is 17.2 Å². The van der Waals surface area contributed by atoms with Gasteiger partial charge in [0.15, 0.2) is 0 Å². The second kappa shape index (κ2) is 5.82. The molecule has 0 bridgehead atoms. The Morgan fingerprint density at radius 2 is 2.40 bits per heavy atom. The summed E-state index contributed by atoms with van der Waals surface area (Å²) < 4.78 is 0. The molecule has 1 rings (SSSR count). The quantitative estimate of drug-likeness (QED) is 0.795. The number of amides is 1. The van der Waals surface area contributed by atoms with Gasteiger partial charge in [-0.1, -0.05) is 0 Å². The van der Waals surface area contributed by atoms with Gasteiger partial charge in [0.05, 0.1) is 5.01 Å². The standard InChI is InChI=1S/C10H17N3OS/c1-7(9-6-13-8(2)15-9)12-5-4-10(14)11-3/h6-7,12H,4-5H2,1-3H3,(H,11,14). The minimum atomic E-state index is 0.0650. The largest absolute Gasteiger partial charge is 0.359 e. The van der Waals surface area contributed by atoms with E-state index in [1.165, 1.54) is 4.88 Å². The SMILES string of the molecule is CNC(=O)CCNC(C)c1cnc(C)s1. The van der Waals surface area contributed by atoms with E-state index in [9.17, 15) is 4.79 Å². The van der Waals surface area contributed by atoms with Gasteiger partial charge in [-0.3, -0.25) is 4.79 Å². The Balaban J connectivity index is 2.30. The van der Waals surface area contributed by atoms with E-state index < -0.39 is 0 Å². The van der Waals surface area contributed by atoms with Crippen LogP contribution in [0, 0.1) is 6.92 Å². The van der Waals surface area contributed by atoms with Gasteiger partial charge in [0.2, 0.25) is 5.91 Å². The van der Waals surface area contributed by atoms with Crippen LogP contribution in [0.15, 0.2) is 6.20 Å². The monoisotopic (exact) mass is 227 g/mol. The van der Waals surface area contributed by atoms with Crippen molar-refractivity contribution < 1.29 is 4.79 Å². The highest BCUT2D eigenvalue weighted by Gasteiger charge is 2.08. The molecule has 84 valence electrons. The van der Waals surface area contributed by atoms with E-state index >= 15 is 0 Å². The Kier molecular flexibility index (Phi) is 4.71. The summed E-state index contributed by atoms with van der Waals surface area (Å²) in [4.78, 5) is 16.4. The molecule has 1 aromatic rings. The third-order valence-electron chi connectivity index (χ3n) is 2.15. The van der Waals surface area contributed by atoms with Crippen molar-refractivity contribution in [3.05, 3.63) is 16.1 Å². The van der Waals surface area contributed by atoms with Crippen molar-refractivity contribution in [1.82, 2.24) is 15.6 Å². The minimum Gasteiger partial charge on any atom is -0.359 e. The van der Waals surface area contributed by atoms with Crippen LogP contribution < -0.4 is 10.6 Å². The van der Waals surface area contributed by atoms with Crippen molar-refractivity contribution in [2.75, 3.05) is 13.6 Å². The zero-order valence-electron chi connectivity index (χ0n) is 9.33. The van der Waals surface area contributed by atoms with Crippen molar-refractivity contribution in [1.29, 1.82) is 0 Å². The molecule has 0 aromatic carbocycles. The van der Waals surface area contributed by atoms with E-state index in [-0.39, 0.29) is 11.9 Å². The molecule has 5 heteroatoms. The molecule has 1 unspecified atom stereocenters. The highest BCUT2D eigenvalue weighted by atomic mass is 32.1. The van der Waals surface area contributed by atoms with Gasteiger partial charge >= 0.3 is 0 Å². The number of nitrogens with zero attached hydrogens (tertiary/aromatic N) is 1. The highest BCUT2D eigenvalue weighted by molar-refractivity contribution is 7.11. The van der Waals surface area contributed by atoms with Crippen LogP contribution in [0.3, 0.4) is 0 Å². The van der Waals surface area contributed by atoms with E-state index in [1.807, 2.05) is 13.1 Å². The van der Waals surface area contributed by atoms with Gasteiger partial charge in [-0.2, -0.15) is 0 Å². The first-order chi connectivity index (χ1) is 7.13. The lowest BCUT2D eigenvalue weighted by atomic mass is 10.3. The maximum atomic E-state index is 11.0. The lowest BCUT2D eigenvalue weighted by Crippen LogP contribution is -2.26. The number of carbonyl (C=O) groups is 1. The zero-order chi connectivity index (χ0) is 11.3. The Hall–Kier alpha value is -0.940. The topological polar surface area (TPSA) is 54.0 Å². The molecule has 0 saturated heterocycles. The van der Waals surface area contributed by atoms with Crippen LogP contribution in [-0.2, 0) is 4.79 Å². The molecule has 2 N–H and O–H groups in total. The molecule has 0 fully saturated rings. The number of aromatic nitrogens is 1. The van der Waals surface area contributed by atoms with Crippen LogP contribution in [0.5, 0.6) is 0 Å². The number of hydrogen-bond acceptors (Lipinski definition) is 4. The Morgan fingerprint density at radius 3 is 2.93 bits per heavy atom. The number of aryl methyl sites for hydroxylation is 1. The van der Waals surface area contributed by atoms with Crippen LogP contribution in [0.25, 0.3) is 0 Å². The molecule has 0 spiro atoms. The Labute approximate surface area is 94.1 Å². The maximum Gasteiger partial charge on any atom is 0.221 e. The number of nitrogens with one attached hydrogen (secondary N) is 2. The van der Waals surface area contributed by atoms with E-state index in [1.54, 1.807) is 18.4 Å². The molecule has 0 saturated carbocycles. The molecule has 15 heavy (non-hydrogen) atoms. The van der Waals surface area contributed by atoms with Crippen LogP contribution in [0.2, 0.25) is 0 Å². The second-order valence-corrected chi connectivity index (χ2v) is 4.65. The first kappa shape index (κ1) is 12.1. The average Bonchev–Trinajstić information content (AvgIpc) is 2.64. The van der Waals surface area contributed by atoms with Crippen molar-refractivity contribution in [3.8, 4) is 0 Å². The molecular weight excluding hydrogens is 210 g/mol. The summed E-state index contributed by atoms with van der Waals surface area (Å²) in [7, 11) is 1.65. The van der Waals surface area contributed by atoms with Gasteiger partial charge in [0, 0.05) is 37.1 Å². The highest BCUT2D eigenvalue weighted by Crippen LogP contribution is 2.19. The molecule has 1 heterocycles. The van der Waals surface area contributed by atoms with Crippen LogP contribution >= 0.6 is 11.3 Å². The summed E-state index contributed by atoms with van der Waals surface area (Å²) in [5, 5.41) is 6.95. The lowest BCUT2D eigenvalue weighted by Gasteiger charge is -2.10. The second-order valence-electron chi connectivity index (χ2n) is 3.38.